The maximum absolute atomic E-state index is 14.4. The molecule has 1 aliphatic heterocycles. The molecule has 1 N–H and O–H groups in total. The molecule has 5 rings (SSSR count). The van der Waals surface area contributed by atoms with E-state index in [0.717, 1.165) is 15.9 Å². The molecule has 212 valence electrons. The Labute approximate surface area is 231 Å². The number of fused-ring (bicyclic) bond motifs is 1. The molecule has 40 heavy (non-hydrogen) atoms. The van der Waals surface area contributed by atoms with Gasteiger partial charge in [0.25, 0.3) is 5.56 Å². The highest BCUT2D eigenvalue weighted by Gasteiger charge is 2.33. The Hall–Kier alpha value is -3.88. The number of hydrogen-bond donors (Lipinski definition) is 1. The molecule has 3 aromatic heterocycles. The number of carbonyl (C=O) groups excluding carboxylic acids is 1. The molecule has 0 spiro atoms. The van der Waals surface area contributed by atoms with Crippen molar-refractivity contribution in [1.82, 2.24) is 29.0 Å². The van der Waals surface area contributed by atoms with Crippen LogP contribution < -0.4 is 16.0 Å². The second-order valence-corrected chi connectivity index (χ2v) is 10.5. The van der Waals surface area contributed by atoms with Crippen molar-refractivity contribution in [2.75, 3.05) is 33.9 Å². The van der Waals surface area contributed by atoms with Crippen LogP contribution in [0.4, 0.5) is 4.39 Å². The van der Waals surface area contributed by atoms with Gasteiger partial charge in [0, 0.05) is 24.7 Å². The number of thiophene rings is 1. The summed E-state index contributed by atoms with van der Waals surface area (Å²) in [6.07, 6.45) is 3.03. The van der Waals surface area contributed by atoms with Crippen molar-refractivity contribution in [3.63, 3.8) is 0 Å². The van der Waals surface area contributed by atoms with E-state index >= 15 is 0 Å². The Bertz CT molecular complexity index is 1660. The van der Waals surface area contributed by atoms with Crippen LogP contribution in [0.5, 0.6) is 5.75 Å². The number of likely N-dealkylation sites (tertiary alicyclic amines) is 1. The van der Waals surface area contributed by atoms with Crippen LogP contribution in [-0.4, -0.2) is 74.0 Å². The average Bonchev–Trinajstić information content (AvgIpc) is 3.59. The van der Waals surface area contributed by atoms with E-state index in [2.05, 4.69) is 10.2 Å². The molecular weight excluding hydrogens is 543 g/mol. The van der Waals surface area contributed by atoms with Crippen molar-refractivity contribution in [2.24, 2.45) is 0 Å². The maximum atomic E-state index is 14.4. The zero-order valence-corrected chi connectivity index (χ0v) is 23.1. The topological polar surface area (TPSA) is 134 Å². The minimum Gasteiger partial charge on any atom is -0.496 e. The van der Waals surface area contributed by atoms with Crippen molar-refractivity contribution in [3.8, 4) is 10.8 Å². The molecule has 4 aromatic rings. The first-order chi connectivity index (χ1) is 19.3. The van der Waals surface area contributed by atoms with Gasteiger partial charge in [0.1, 0.15) is 33.5 Å². The number of nitrogens with zero attached hydrogens (tertiary/aromatic N) is 6. The summed E-state index contributed by atoms with van der Waals surface area (Å²) in [5.74, 6) is -0.529. The van der Waals surface area contributed by atoms with Crippen LogP contribution in [0.15, 0.2) is 40.2 Å². The summed E-state index contributed by atoms with van der Waals surface area (Å²) in [5.41, 5.74) is -0.394. The number of halogens is 1. The molecular formula is C26H29FN6O6S. The highest BCUT2D eigenvalue weighted by atomic mass is 32.1. The van der Waals surface area contributed by atoms with Crippen LogP contribution in [-0.2, 0) is 16.1 Å². The van der Waals surface area contributed by atoms with E-state index in [4.69, 9.17) is 9.47 Å². The number of benzene rings is 1. The van der Waals surface area contributed by atoms with Crippen molar-refractivity contribution in [2.45, 2.75) is 38.5 Å². The normalized spacial score (nSPS) is 16.6. The van der Waals surface area contributed by atoms with Crippen LogP contribution in [0.2, 0.25) is 0 Å². The number of rotatable bonds is 9. The zero-order valence-electron chi connectivity index (χ0n) is 22.2. The molecule has 0 saturated carbocycles. The first kappa shape index (κ1) is 27.7. The Balaban J connectivity index is 1.77. The van der Waals surface area contributed by atoms with Gasteiger partial charge in [-0.25, -0.2) is 13.8 Å². The molecule has 0 radical (unpaired) electrons. The van der Waals surface area contributed by atoms with Crippen LogP contribution in [0.1, 0.15) is 36.1 Å². The van der Waals surface area contributed by atoms with E-state index in [1.165, 1.54) is 52.0 Å². The molecule has 4 heterocycles. The lowest BCUT2D eigenvalue weighted by Crippen LogP contribution is -2.49. The number of amides is 1. The van der Waals surface area contributed by atoms with Crippen LogP contribution in [0.25, 0.3) is 15.2 Å². The Kier molecular flexibility index (Phi) is 7.83. The van der Waals surface area contributed by atoms with E-state index in [1.54, 1.807) is 14.0 Å². The zero-order chi connectivity index (χ0) is 28.6. The van der Waals surface area contributed by atoms with Crippen LogP contribution >= 0.6 is 11.3 Å². The number of piperidine rings is 1. The Morgan fingerprint density at radius 2 is 1.98 bits per heavy atom. The lowest BCUT2D eigenvalue weighted by Gasteiger charge is -2.30. The molecule has 0 bridgehead atoms. The number of ether oxygens (including phenoxy) is 2. The molecule has 14 heteroatoms. The second kappa shape index (κ2) is 11.3. The van der Waals surface area contributed by atoms with E-state index in [9.17, 15) is 23.9 Å². The van der Waals surface area contributed by atoms with Gasteiger partial charge < -0.3 is 19.5 Å². The summed E-state index contributed by atoms with van der Waals surface area (Å²) in [7, 11) is 3.07. The van der Waals surface area contributed by atoms with Gasteiger partial charge in [-0.15, -0.1) is 4.80 Å². The lowest BCUT2D eigenvalue weighted by atomic mass is 10.0. The minimum atomic E-state index is -0.972. The number of aliphatic hydroxyl groups excluding tert-OH is 1. The molecule has 2 atom stereocenters. The smallest absolute Gasteiger partial charge is 0.332 e. The monoisotopic (exact) mass is 572 g/mol. The number of methoxy groups -OCH3 is 1. The van der Waals surface area contributed by atoms with Gasteiger partial charge in [-0.05, 0) is 38.0 Å². The standard InChI is InChI=1S/C26H29FN6O6S/c1-15-21-23(36)32(18-5-4-10-30(2)22(18)35)26(37)31(25(21)40-24(15)33-28-8-9-29-33)14-20(39-12-11-34)17-13-16(27)6-7-19(17)38-3/h6-9,13,18,20,34H,4-5,10-12,14H2,1-3H3. The van der Waals surface area contributed by atoms with Gasteiger partial charge in [0.15, 0.2) is 0 Å². The number of carbonyl (C=O) groups is 1. The fraction of sp³-hybridized carbons (Fsp3) is 0.423. The van der Waals surface area contributed by atoms with Crippen molar-refractivity contribution in [3.05, 3.63) is 68.4 Å². The minimum absolute atomic E-state index is 0.0975. The number of aliphatic hydroxyl groups is 1. The Morgan fingerprint density at radius 3 is 2.67 bits per heavy atom. The molecule has 1 aromatic carbocycles. The molecule has 1 saturated heterocycles. The summed E-state index contributed by atoms with van der Waals surface area (Å²) < 4.78 is 28.1. The van der Waals surface area contributed by atoms with Gasteiger partial charge in [-0.2, -0.15) is 10.2 Å². The summed E-state index contributed by atoms with van der Waals surface area (Å²) in [6.45, 7) is 1.71. The molecule has 2 unspecified atom stereocenters. The Morgan fingerprint density at radius 1 is 1.23 bits per heavy atom. The first-order valence-electron chi connectivity index (χ1n) is 12.7. The molecule has 1 fully saturated rings. The molecule has 12 nitrogen and oxygen atoms in total. The molecule has 1 aliphatic rings. The second-order valence-electron chi connectivity index (χ2n) is 9.49. The van der Waals surface area contributed by atoms with Gasteiger partial charge in [-0.3, -0.25) is 14.2 Å². The number of aromatic nitrogens is 5. The van der Waals surface area contributed by atoms with Gasteiger partial charge in [0.05, 0.1) is 44.6 Å². The van der Waals surface area contributed by atoms with Crippen molar-refractivity contribution in [1.29, 1.82) is 0 Å². The number of hydrogen-bond acceptors (Lipinski definition) is 9. The maximum Gasteiger partial charge on any atom is 0.332 e. The summed E-state index contributed by atoms with van der Waals surface area (Å²) in [4.78, 5) is 44.4. The predicted molar refractivity (Wildman–Crippen MR) is 145 cm³/mol. The third-order valence-corrected chi connectivity index (χ3v) is 8.34. The van der Waals surface area contributed by atoms with E-state index in [1.807, 2.05) is 0 Å². The summed E-state index contributed by atoms with van der Waals surface area (Å²) >= 11 is 1.15. The van der Waals surface area contributed by atoms with E-state index in [0.29, 0.717) is 46.1 Å². The molecule has 0 aliphatic carbocycles. The largest absolute Gasteiger partial charge is 0.496 e. The fourth-order valence-corrected chi connectivity index (χ4v) is 6.33. The SMILES string of the molecule is COc1ccc(F)cc1C(Cn1c(=O)n(C2CCCN(C)C2=O)c(=O)c2c(C)c(-n3nccn3)sc21)OCCO. The van der Waals surface area contributed by atoms with Crippen molar-refractivity contribution < 1.29 is 23.8 Å². The summed E-state index contributed by atoms with van der Waals surface area (Å²) in [5, 5.41) is 18.6. The third kappa shape index (κ3) is 4.82. The fourth-order valence-electron chi connectivity index (χ4n) is 5.11. The van der Waals surface area contributed by atoms with Crippen LogP contribution in [0, 0.1) is 12.7 Å². The lowest BCUT2D eigenvalue weighted by molar-refractivity contribution is -0.136. The highest BCUT2D eigenvalue weighted by molar-refractivity contribution is 7.21. The quantitative estimate of drug-likeness (QED) is 0.321. The van der Waals surface area contributed by atoms with Gasteiger partial charge in [-0.1, -0.05) is 11.3 Å². The number of aryl methyl sites for hydroxylation is 1. The van der Waals surface area contributed by atoms with Gasteiger partial charge in [0.2, 0.25) is 5.91 Å². The van der Waals surface area contributed by atoms with Crippen LogP contribution in [0.3, 0.4) is 0 Å². The van der Waals surface area contributed by atoms with Crippen molar-refractivity contribution >= 4 is 27.5 Å². The summed E-state index contributed by atoms with van der Waals surface area (Å²) in [6, 6.07) is 2.97. The third-order valence-electron chi connectivity index (χ3n) is 7.06. The van der Waals surface area contributed by atoms with E-state index < -0.39 is 29.2 Å². The molecule has 1 amide bonds. The number of likely N-dealkylation sites (N-methyl/N-ethyl adjacent to an activating group) is 1. The van der Waals surface area contributed by atoms with E-state index in [-0.39, 0.29) is 31.1 Å². The first-order valence-corrected chi connectivity index (χ1v) is 13.5. The highest BCUT2D eigenvalue weighted by Crippen LogP contribution is 2.34. The predicted octanol–water partition coefficient (Wildman–Crippen LogP) is 1.81. The van der Waals surface area contributed by atoms with Gasteiger partial charge >= 0.3 is 5.69 Å². The average molecular weight is 573 g/mol.